The van der Waals surface area contributed by atoms with Crippen LogP contribution in [0.5, 0.6) is 0 Å². The first-order valence-electron chi connectivity index (χ1n) is 3.61. The van der Waals surface area contributed by atoms with Crippen LogP contribution in [0.1, 0.15) is 13.3 Å². The number of carbonyl (C=O) groups excluding carboxylic acids is 1. The number of hydrogen-bond acceptors (Lipinski definition) is 5. The van der Waals surface area contributed by atoms with Crippen LogP contribution in [0, 0.1) is 0 Å². The molecule has 0 aliphatic heterocycles. The molecule has 0 aromatic heterocycles. The van der Waals surface area contributed by atoms with Gasteiger partial charge in [0.1, 0.15) is 0 Å². The maximum atomic E-state index is 10.9. The summed E-state index contributed by atoms with van der Waals surface area (Å²) in [6, 6.07) is 0. The van der Waals surface area contributed by atoms with Gasteiger partial charge in [0.05, 0.1) is 5.75 Å². The second-order valence-electron chi connectivity index (χ2n) is 2.56. The third-order valence-electron chi connectivity index (χ3n) is 1.13. The summed E-state index contributed by atoms with van der Waals surface area (Å²) in [5.41, 5.74) is 0.442. The Morgan fingerprint density at radius 1 is 1.50 bits per heavy atom. The van der Waals surface area contributed by atoms with E-state index in [1.165, 1.54) is 0 Å². The molecule has 0 atom stereocenters. The monoisotopic (exact) mass is 241 g/mol. The van der Waals surface area contributed by atoms with E-state index in [1.807, 2.05) is 0 Å². The van der Waals surface area contributed by atoms with E-state index >= 15 is 0 Å². The normalized spacial score (nSPS) is 10.4. The molecule has 0 rings (SSSR count). The lowest BCUT2D eigenvalue weighted by atomic mass is 10.4. The molecule has 0 spiro atoms. The van der Waals surface area contributed by atoms with Gasteiger partial charge < -0.3 is 6.15 Å². The lowest BCUT2D eigenvalue weighted by Crippen LogP contribution is -2.05. The van der Waals surface area contributed by atoms with Crippen molar-refractivity contribution in [2.45, 2.75) is 13.3 Å². The average molecular weight is 241 g/mol. The first-order valence-corrected chi connectivity index (χ1v) is 6.20. The standard InChI is InChI=1S/C7H12O4S2.H3N/c1-6(2)7(8)12-4-3-5-13(9,10)11;/h1,3-5H2,2H3,(H,9,10,11);1H3. The van der Waals surface area contributed by atoms with Crippen molar-refractivity contribution in [3.8, 4) is 0 Å². The molecule has 0 radical (unpaired) electrons. The van der Waals surface area contributed by atoms with Crippen LogP contribution in [0.3, 0.4) is 0 Å². The molecular weight excluding hydrogens is 226 g/mol. The molecule has 5 nitrogen and oxygen atoms in total. The van der Waals surface area contributed by atoms with E-state index in [9.17, 15) is 13.2 Å². The fourth-order valence-electron chi connectivity index (χ4n) is 0.529. The fourth-order valence-corrected chi connectivity index (χ4v) is 1.94. The van der Waals surface area contributed by atoms with E-state index in [1.54, 1.807) is 6.92 Å². The van der Waals surface area contributed by atoms with Gasteiger partial charge in [-0.15, -0.1) is 0 Å². The molecule has 0 saturated carbocycles. The van der Waals surface area contributed by atoms with Crippen LogP contribution < -0.4 is 6.15 Å². The van der Waals surface area contributed by atoms with Crippen molar-refractivity contribution in [2.24, 2.45) is 0 Å². The van der Waals surface area contributed by atoms with Crippen molar-refractivity contribution in [2.75, 3.05) is 11.5 Å². The first kappa shape index (κ1) is 16.1. The summed E-state index contributed by atoms with van der Waals surface area (Å²) in [7, 11) is -3.89. The van der Waals surface area contributed by atoms with Crippen LogP contribution in [0.4, 0.5) is 0 Å². The van der Waals surface area contributed by atoms with E-state index in [0.717, 1.165) is 11.8 Å². The zero-order chi connectivity index (χ0) is 10.5. The Kier molecular flexibility index (Phi) is 8.03. The van der Waals surface area contributed by atoms with Crippen molar-refractivity contribution in [1.29, 1.82) is 0 Å². The Morgan fingerprint density at radius 2 is 2.00 bits per heavy atom. The van der Waals surface area contributed by atoms with Gasteiger partial charge in [-0.3, -0.25) is 9.35 Å². The van der Waals surface area contributed by atoms with Crippen molar-refractivity contribution < 1.29 is 17.8 Å². The molecular formula is C7H15NO4S2. The van der Waals surface area contributed by atoms with Gasteiger partial charge >= 0.3 is 0 Å². The number of thioether (sulfide) groups is 1. The molecule has 4 N–H and O–H groups in total. The van der Waals surface area contributed by atoms with Gasteiger partial charge in [0.25, 0.3) is 10.1 Å². The molecule has 0 fully saturated rings. The zero-order valence-corrected chi connectivity index (χ0v) is 9.66. The molecule has 0 aromatic rings. The Bertz CT molecular complexity index is 297. The van der Waals surface area contributed by atoms with E-state index < -0.39 is 10.1 Å². The highest BCUT2D eigenvalue weighted by Gasteiger charge is 2.06. The minimum Gasteiger partial charge on any atom is -0.344 e. The minimum atomic E-state index is -3.89. The van der Waals surface area contributed by atoms with Crippen LogP contribution in [0.15, 0.2) is 12.2 Å². The summed E-state index contributed by atoms with van der Waals surface area (Å²) >= 11 is 1.01. The predicted octanol–water partition coefficient (Wildman–Crippen LogP) is 1.26. The van der Waals surface area contributed by atoms with Crippen molar-refractivity contribution in [3.63, 3.8) is 0 Å². The van der Waals surface area contributed by atoms with Crippen LogP contribution in [-0.2, 0) is 14.9 Å². The molecule has 7 heteroatoms. The van der Waals surface area contributed by atoms with Gasteiger partial charge in [-0.1, -0.05) is 18.3 Å². The molecule has 0 aliphatic rings. The van der Waals surface area contributed by atoms with Crippen molar-refractivity contribution in [3.05, 3.63) is 12.2 Å². The molecule has 0 aliphatic carbocycles. The van der Waals surface area contributed by atoms with E-state index in [4.69, 9.17) is 4.55 Å². The second-order valence-corrected chi connectivity index (χ2v) is 5.20. The van der Waals surface area contributed by atoms with Crippen LogP contribution >= 0.6 is 11.8 Å². The minimum absolute atomic E-state index is 0. The van der Waals surface area contributed by atoms with Crippen molar-refractivity contribution >= 4 is 27.0 Å². The maximum Gasteiger partial charge on any atom is 0.264 e. The maximum absolute atomic E-state index is 10.9. The summed E-state index contributed by atoms with van der Waals surface area (Å²) in [5, 5.41) is -0.143. The summed E-state index contributed by atoms with van der Waals surface area (Å²) in [4.78, 5) is 10.9. The average Bonchev–Trinajstić information content (AvgIpc) is 1.95. The molecule has 0 amide bonds. The van der Waals surface area contributed by atoms with E-state index in [-0.39, 0.29) is 23.4 Å². The summed E-state index contributed by atoms with van der Waals surface area (Å²) in [5.74, 6) is 0.0783. The van der Waals surface area contributed by atoms with Gasteiger partial charge in [0.15, 0.2) is 0 Å². The molecule has 0 unspecified atom stereocenters. The SMILES string of the molecule is C=C(C)C(=O)SCCCS(=O)(=O)O.N. The highest BCUT2D eigenvalue weighted by Crippen LogP contribution is 2.10. The third-order valence-corrected chi connectivity index (χ3v) is 3.04. The Labute approximate surface area is 88.3 Å². The molecule has 0 aromatic carbocycles. The van der Waals surface area contributed by atoms with Gasteiger partial charge in [0, 0.05) is 5.75 Å². The first-order chi connectivity index (χ1) is 5.83. The van der Waals surface area contributed by atoms with Gasteiger partial charge in [-0.25, -0.2) is 0 Å². The molecule has 0 bridgehead atoms. The van der Waals surface area contributed by atoms with E-state index in [0.29, 0.717) is 11.3 Å². The topological polar surface area (TPSA) is 106 Å². The highest BCUT2D eigenvalue weighted by atomic mass is 32.2. The van der Waals surface area contributed by atoms with Gasteiger partial charge in [-0.2, -0.15) is 8.42 Å². The van der Waals surface area contributed by atoms with Gasteiger partial charge in [0.2, 0.25) is 5.12 Å². The number of rotatable bonds is 5. The molecule has 14 heavy (non-hydrogen) atoms. The highest BCUT2D eigenvalue weighted by molar-refractivity contribution is 8.14. The summed E-state index contributed by atoms with van der Waals surface area (Å²) < 4.78 is 28.9. The van der Waals surface area contributed by atoms with Crippen LogP contribution in [0.2, 0.25) is 0 Å². The molecule has 0 heterocycles. The summed E-state index contributed by atoms with van der Waals surface area (Å²) in [6.07, 6.45) is 0.266. The molecule has 0 saturated heterocycles. The molecule has 84 valence electrons. The number of hydrogen-bond donors (Lipinski definition) is 2. The third kappa shape index (κ3) is 9.72. The smallest absolute Gasteiger partial charge is 0.264 e. The van der Waals surface area contributed by atoms with Crippen LogP contribution in [-0.4, -0.2) is 29.6 Å². The Balaban J connectivity index is 0. The van der Waals surface area contributed by atoms with Crippen molar-refractivity contribution in [1.82, 2.24) is 6.15 Å². The predicted molar refractivity (Wildman–Crippen MR) is 58.3 cm³/mol. The Hall–Kier alpha value is -0.370. The fraction of sp³-hybridized carbons (Fsp3) is 0.571. The number of carbonyl (C=O) groups is 1. The van der Waals surface area contributed by atoms with E-state index in [2.05, 4.69) is 6.58 Å². The second kappa shape index (κ2) is 6.99. The largest absolute Gasteiger partial charge is 0.344 e. The zero-order valence-electron chi connectivity index (χ0n) is 8.02. The Morgan fingerprint density at radius 3 is 2.36 bits per heavy atom. The quantitative estimate of drug-likeness (QED) is 0.426. The lowest BCUT2D eigenvalue weighted by Gasteiger charge is -1.98. The van der Waals surface area contributed by atoms with Crippen LogP contribution in [0.25, 0.3) is 0 Å². The van der Waals surface area contributed by atoms with Gasteiger partial charge in [-0.05, 0) is 18.9 Å². The summed E-state index contributed by atoms with van der Waals surface area (Å²) in [6.45, 7) is 5.04. The lowest BCUT2D eigenvalue weighted by molar-refractivity contribution is -0.107.